The number of alkyl halides is 6. The van der Waals surface area contributed by atoms with Crippen molar-refractivity contribution in [2.75, 3.05) is 16.4 Å². The summed E-state index contributed by atoms with van der Waals surface area (Å²) in [7, 11) is 0. The number of ether oxygens (including phenoxy) is 3. The van der Waals surface area contributed by atoms with Crippen molar-refractivity contribution < 1.29 is 69.4 Å². The molecule has 354 valence electrons. The highest BCUT2D eigenvalue weighted by Gasteiger charge is 2.31. The lowest BCUT2D eigenvalue weighted by Gasteiger charge is -2.10. The van der Waals surface area contributed by atoms with E-state index >= 15 is 0 Å². The zero-order chi connectivity index (χ0) is 44.5. The van der Waals surface area contributed by atoms with Gasteiger partial charge in [-0.15, -0.1) is 0 Å². The molecule has 0 aliphatic carbocycles. The van der Waals surface area contributed by atoms with Gasteiger partial charge in [0.1, 0.15) is 19.8 Å². The van der Waals surface area contributed by atoms with E-state index in [-0.39, 0.29) is 73.4 Å². The number of nitro groups is 1. The number of anilines is 3. The lowest BCUT2D eigenvalue weighted by Crippen LogP contribution is -2.19. The van der Waals surface area contributed by atoms with Crippen molar-refractivity contribution in [2.24, 2.45) is 4.99 Å². The SMILES string of the molecule is C.C.C.C.C.Nc1ccc2c(c1)COC2=O.O=C(Nc1ccc(C(F)(F)F)cc1)Nc1ccc2c(c1)COC2=O.O=C1OCc2cc([N+](=O)[O-])ccc21.O=C=Nc1ccc(C(F)(F)F)cc1. The van der Waals surface area contributed by atoms with E-state index < -0.39 is 46.4 Å². The van der Waals surface area contributed by atoms with E-state index in [2.05, 4.69) is 15.6 Å². The smallest absolute Gasteiger partial charge is 0.416 e. The second-order valence-corrected chi connectivity index (χ2v) is 12.5. The van der Waals surface area contributed by atoms with Gasteiger partial charge in [0, 0.05) is 45.9 Å². The number of fused-ring (bicyclic) bond motifs is 3. The summed E-state index contributed by atoms with van der Waals surface area (Å²) in [6.07, 6.45) is -7.55. The van der Waals surface area contributed by atoms with Crippen LogP contribution in [0.5, 0.6) is 0 Å². The molecule has 0 aromatic heterocycles. The molecule has 0 saturated carbocycles. The third-order valence-electron chi connectivity index (χ3n) is 8.37. The molecular weight excluding hydrogens is 885 g/mol. The van der Waals surface area contributed by atoms with Crippen molar-refractivity contribution >= 4 is 58.5 Å². The number of nitrogens with two attached hydrogens (primary N) is 1. The summed E-state index contributed by atoms with van der Waals surface area (Å²) in [4.78, 5) is 67.9. The summed E-state index contributed by atoms with van der Waals surface area (Å²) in [6.45, 7) is 0.638. The molecule has 0 atom stereocenters. The molecular formula is C45H47F6N5O10. The van der Waals surface area contributed by atoms with Crippen LogP contribution in [0.3, 0.4) is 0 Å². The predicted molar refractivity (Wildman–Crippen MR) is 235 cm³/mol. The van der Waals surface area contributed by atoms with Crippen LogP contribution in [-0.2, 0) is 51.2 Å². The molecule has 4 N–H and O–H groups in total. The fourth-order valence-corrected chi connectivity index (χ4v) is 5.41. The molecule has 3 aliphatic rings. The standard InChI is InChI=1S/C16H11F3N2O3.C8H4F3NO.C8H5NO4.C8H7NO2.5CH4/c17-16(18,19)10-1-3-11(4-2-10)20-15(23)21-12-5-6-13-9(7-12)8-24-14(13)22;9-8(10,11)6-1-3-7(4-2-6)12-5-13;10-8-7-2-1-6(9(11)12)3-5(7)4-13-8;9-6-1-2-7-5(3-6)4-11-8(7)10;;;;;/h1-7H,8H2,(H2,20,21,23);1-4H;1-3H,4H2;1-3H,4,9H2;5*1H4. The van der Waals surface area contributed by atoms with Gasteiger partial charge < -0.3 is 30.6 Å². The molecule has 15 nitrogen and oxygen atoms in total. The Morgan fingerprint density at radius 2 is 1.00 bits per heavy atom. The number of nitrogen functional groups attached to an aromatic ring is 1. The highest BCUT2D eigenvalue weighted by molar-refractivity contribution is 6.01. The van der Waals surface area contributed by atoms with Crippen LogP contribution in [0.2, 0.25) is 0 Å². The molecule has 0 fully saturated rings. The van der Waals surface area contributed by atoms with E-state index in [1.165, 1.54) is 30.3 Å². The number of nitrogens with zero attached hydrogens (tertiary/aromatic N) is 2. The largest absolute Gasteiger partial charge is 0.457 e. The molecule has 0 saturated heterocycles. The van der Waals surface area contributed by atoms with Crippen molar-refractivity contribution in [3.8, 4) is 0 Å². The Balaban J connectivity index is 0.000000875. The Morgan fingerprint density at radius 3 is 1.45 bits per heavy atom. The van der Waals surface area contributed by atoms with Crippen molar-refractivity contribution in [3.63, 3.8) is 0 Å². The van der Waals surface area contributed by atoms with Crippen LogP contribution in [0.4, 0.5) is 59.6 Å². The van der Waals surface area contributed by atoms with Gasteiger partial charge in [0.2, 0.25) is 6.08 Å². The highest BCUT2D eigenvalue weighted by Crippen LogP contribution is 2.31. The number of aliphatic imine (C=N–C) groups is 1. The lowest BCUT2D eigenvalue weighted by molar-refractivity contribution is -0.384. The minimum Gasteiger partial charge on any atom is -0.457 e. The number of cyclic esters (lactones) is 3. The maximum Gasteiger partial charge on any atom is 0.416 e. The van der Waals surface area contributed by atoms with Crippen LogP contribution >= 0.6 is 0 Å². The Kier molecular flexibility index (Phi) is 21.7. The second-order valence-electron chi connectivity index (χ2n) is 12.5. The number of amides is 2. The number of benzene rings is 5. The van der Waals surface area contributed by atoms with E-state index in [4.69, 9.17) is 19.9 Å². The first-order valence-corrected chi connectivity index (χ1v) is 17.1. The average molecular weight is 932 g/mol. The van der Waals surface area contributed by atoms with Crippen LogP contribution in [-0.4, -0.2) is 34.9 Å². The minimum absolute atomic E-state index is 0. The molecule has 5 aromatic carbocycles. The molecule has 0 spiro atoms. The Bertz CT molecular complexity index is 2540. The van der Waals surface area contributed by atoms with Crippen LogP contribution in [0.1, 0.15) is 96.0 Å². The number of rotatable bonds is 4. The number of carbonyl (C=O) groups is 4. The van der Waals surface area contributed by atoms with Gasteiger partial charge in [-0.25, -0.2) is 24.0 Å². The number of nitro benzene ring substituents is 1. The number of carbonyl (C=O) groups excluding carboxylic acids is 5. The van der Waals surface area contributed by atoms with Crippen LogP contribution in [0, 0.1) is 10.1 Å². The molecule has 21 heteroatoms. The van der Waals surface area contributed by atoms with Gasteiger partial charge in [0.25, 0.3) is 5.69 Å². The fourth-order valence-electron chi connectivity index (χ4n) is 5.41. The van der Waals surface area contributed by atoms with Crippen LogP contribution in [0.15, 0.2) is 108 Å². The summed E-state index contributed by atoms with van der Waals surface area (Å²) < 4.78 is 87.7. The van der Waals surface area contributed by atoms with Gasteiger partial charge >= 0.3 is 36.3 Å². The number of urea groups is 1. The number of halogens is 6. The van der Waals surface area contributed by atoms with Crippen LogP contribution in [0.25, 0.3) is 0 Å². The average Bonchev–Trinajstić information content (AvgIpc) is 3.90. The van der Waals surface area contributed by atoms with E-state index in [1.54, 1.807) is 30.3 Å². The number of non-ortho nitro benzene ring substituents is 1. The van der Waals surface area contributed by atoms with Gasteiger partial charge in [-0.2, -0.15) is 31.3 Å². The van der Waals surface area contributed by atoms with Crippen molar-refractivity contribution in [3.05, 3.63) is 158 Å². The van der Waals surface area contributed by atoms with E-state index in [1.807, 2.05) is 0 Å². The van der Waals surface area contributed by atoms with Gasteiger partial charge in [0.15, 0.2) is 0 Å². The number of hydrogen-bond acceptors (Lipinski definition) is 12. The molecule has 5 aromatic rings. The molecule has 2 amide bonds. The normalized spacial score (nSPS) is 12.0. The zero-order valence-electron chi connectivity index (χ0n) is 30.8. The minimum atomic E-state index is -4.43. The summed E-state index contributed by atoms with van der Waals surface area (Å²) in [6, 6.07) is 21.3. The van der Waals surface area contributed by atoms with E-state index in [0.29, 0.717) is 45.8 Å². The van der Waals surface area contributed by atoms with Gasteiger partial charge in [-0.1, -0.05) is 37.1 Å². The molecule has 0 unspecified atom stereocenters. The molecule has 3 aliphatic heterocycles. The molecule has 8 rings (SSSR count). The van der Waals surface area contributed by atoms with E-state index in [0.717, 1.165) is 54.1 Å². The number of esters is 3. The molecule has 3 heterocycles. The summed E-state index contributed by atoms with van der Waals surface area (Å²) in [5.41, 5.74) is 9.05. The van der Waals surface area contributed by atoms with Gasteiger partial charge in [0.05, 0.1) is 38.4 Å². The first-order valence-electron chi connectivity index (χ1n) is 17.1. The quantitative estimate of drug-likeness (QED) is 0.0225. The lowest BCUT2D eigenvalue weighted by atomic mass is 10.1. The third-order valence-corrected chi connectivity index (χ3v) is 8.37. The Hall–Kier alpha value is -8.06. The monoisotopic (exact) mass is 931 g/mol. The maximum absolute atomic E-state index is 12.5. The van der Waals surface area contributed by atoms with Gasteiger partial charge in [-0.3, -0.25) is 10.1 Å². The Morgan fingerprint density at radius 1 is 0.606 bits per heavy atom. The van der Waals surface area contributed by atoms with E-state index in [9.17, 15) is 60.4 Å². The zero-order valence-corrected chi connectivity index (χ0v) is 30.8. The van der Waals surface area contributed by atoms with Crippen molar-refractivity contribution in [1.82, 2.24) is 0 Å². The van der Waals surface area contributed by atoms with Crippen molar-refractivity contribution in [2.45, 2.75) is 69.3 Å². The maximum atomic E-state index is 12.5. The first kappa shape index (κ1) is 57.9. The molecule has 0 bridgehead atoms. The molecule has 66 heavy (non-hydrogen) atoms. The number of nitrogens with one attached hydrogen (secondary N) is 2. The number of isocyanates is 1. The van der Waals surface area contributed by atoms with Crippen molar-refractivity contribution in [1.29, 1.82) is 0 Å². The predicted octanol–water partition coefficient (Wildman–Crippen LogP) is 12.1. The van der Waals surface area contributed by atoms with Crippen LogP contribution < -0.4 is 16.4 Å². The molecule has 0 radical (unpaired) electrons. The third kappa shape index (κ3) is 15.3. The second kappa shape index (κ2) is 24.7. The summed E-state index contributed by atoms with van der Waals surface area (Å²) in [5.74, 6) is -1.07. The summed E-state index contributed by atoms with van der Waals surface area (Å²) in [5, 5.41) is 15.3. The fraction of sp³-hybridized carbons (Fsp3) is 0.222. The first-order chi connectivity index (χ1) is 28.8. The van der Waals surface area contributed by atoms with Gasteiger partial charge in [-0.05, 0) is 91.0 Å². The highest BCUT2D eigenvalue weighted by atomic mass is 19.4. The number of hydrogen-bond donors (Lipinski definition) is 3. The topological polar surface area (TPSA) is 219 Å². The summed E-state index contributed by atoms with van der Waals surface area (Å²) >= 11 is 0. The Labute approximate surface area is 375 Å².